The van der Waals surface area contributed by atoms with Gasteiger partial charge >= 0.3 is 5.97 Å². The highest BCUT2D eigenvalue weighted by atomic mass is 35.5. The Morgan fingerprint density at radius 1 is 1.27 bits per heavy atom. The van der Waals surface area contributed by atoms with Gasteiger partial charge < -0.3 is 9.84 Å². The summed E-state index contributed by atoms with van der Waals surface area (Å²) in [6.07, 6.45) is 1.56. The Bertz CT molecular complexity index is 870. The van der Waals surface area contributed by atoms with Crippen molar-refractivity contribution in [3.63, 3.8) is 0 Å². The number of nitrogens with zero attached hydrogens (tertiary/aromatic N) is 2. The van der Waals surface area contributed by atoms with Gasteiger partial charge in [0, 0.05) is 11.2 Å². The quantitative estimate of drug-likeness (QED) is 0.622. The van der Waals surface area contributed by atoms with E-state index in [1.54, 1.807) is 29.4 Å². The van der Waals surface area contributed by atoms with Gasteiger partial charge in [0.15, 0.2) is 12.4 Å². The number of hydrogen-bond acceptors (Lipinski definition) is 5. The molecule has 2 aromatic rings. The van der Waals surface area contributed by atoms with Gasteiger partial charge in [0.25, 0.3) is 0 Å². The summed E-state index contributed by atoms with van der Waals surface area (Å²) in [6, 6.07) is 11.7. The number of rotatable bonds is 6. The molecule has 0 saturated heterocycles. The summed E-state index contributed by atoms with van der Waals surface area (Å²) in [5.41, 5.74) is 1.44. The molecule has 0 aromatic heterocycles. The van der Waals surface area contributed by atoms with Crippen molar-refractivity contribution >= 4 is 48.6 Å². The number of hydrazone groups is 1. The minimum atomic E-state index is -1.13. The number of benzene rings is 2. The van der Waals surface area contributed by atoms with E-state index in [1.807, 2.05) is 12.1 Å². The van der Waals surface area contributed by atoms with E-state index >= 15 is 0 Å². The first-order chi connectivity index (χ1) is 12.4. The minimum absolute atomic E-state index is 0.185. The molecule has 0 bridgehead atoms. The molecular weight excluding hydrogens is 354 g/mol. The maximum absolute atomic E-state index is 12.9. The molecule has 0 amide bonds. The number of aliphatic carboxylic acids is 1. The van der Waals surface area contributed by atoms with Gasteiger partial charge in [-0.15, -0.1) is 0 Å². The highest BCUT2D eigenvalue weighted by molar-refractivity contribution is 6.33. The molecule has 6 nitrogen and oxygen atoms in total. The predicted molar refractivity (Wildman–Crippen MR) is 100 cm³/mol. The summed E-state index contributed by atoms with van der Waals surface area (Å²) in [5.74, 6) is -1.68. The highest BCUT2D eigenvalue weighted by Crippen LogP contribution is 2.26. The molecule has 130 valence electrons. The summed E-state index contributed by atoms with van der Waals surface area (Å²) in [5, 5.41) is 15.4. The minimum Gasteiger partial charge on any atom is -0.481 e. The first-order valence-electron chi connectivity index (χ1n) is 7.79. The van der Waals surface area contributed by atoms with Gasteiger partial charge in [-0.2, -0.15) is 5.10 Å². The lowest BCUT2D eigenvalue weighted by Gasteiger charge is -2.17. The number of carbonyl (C=O) groups is 2. The fourth-order valence-electron chi connectivity index (χ4n) is 2.58. The van der Waals surface area contributed by atoms with Gasteiger partial charge in [0.05, 0.1) is 23.7 Å². The molecule has 1 atom stereocenters. The molecule has 1 unspecified atom stereocenters. The molecule has 1 aliphatic rings. The molecular formula is C18H14BClN2O4. The second-order valence-corrected chi connectivity index (χ2v) is 6.17. The van der Waals surface area contributed by atoms with E-state index in [9.17, 15) is 9.59 Å². The Kier molecular flexibility index (Phi) is 5.28. The SMILES string of the molecule is [B]c1ccc(OCC(=O)O)c(C(=O)C2C=NN(c3ccc(Cl)cc3)C2)c1. The van der Waals surface area contributed by atoms with Crippen molar-refractivity contribution in [2.75, 3.05) is 18.2 Å². The Morgan fingerprint density at radius 3 is 2.69 bits per heavy atom. The smallest absolute Gasteiger partial charge is 0.341 e. The van der Waals surface area contributed by atoms with Crippen LogP contribution in [-0.2, 0) is 4.79 Å². The van der Waals surface area contributed by atoms with Crippen molar-refractivity contribution in [2.45, 2.75) is 0 Å². The van der Waals surface area contributed by atoms with Crippen molar-refractivity contribution in [2.24, 2.45) is 11.0 Å². The van der Waals surface area contributed by atoms with Crippen LogP contribution in [0.5, 0.6) is 5.75 Å². The lowest BCUT2D eigenvalue weighted by Crippen LogP contribution is -2.25. The molecule has 0 fully saturated rings. The van der Waals surface area contributed by atoms with Crippen molar-refractivity contribution < 1.29 is 19.4 Å². The molecule has 1 N–H and O–H groups in total. The van der Waals surface area contributed by atoms with E-state index < -0.39 is 18.5 Å². The maximum atomic E-state index is 12.9. The van der Waals surface area contributed by atoms with Crippen LogP contribution in [0.25, 0.3) is 0 Å². The summed E-state index contributed by atoms with van der Waals surface area (Å²) in [7, 11) is 5.77. The zero-order valence-corrected chi connectivity index (χ0v) is 14.4. The first kappa shape index (κ1) is 18.0. The van der Waals surface area contributed by atoms with Gasteiger partial charge in [0.1, 0.15) is 13.6 Å². The second-order valence-electron chi connectivity index (χ2n) is 5.73. The van der Waals surface area contributed by atoms with Gasteiger partial charge in [-0.05, 0) is 30.3 Å². The average molecular weight is 369 g/mol. The van der Waals surface area contributed by atoms with E-state index in [1.165, 1.54) is 12.1 Å². The number of anilines is 1. The molecule has 1 aliphatic heterocycles. The van der Waals surface area contributed by atoms with Crippen molar-refractivity contribution in [1.82, 2.24) is 0 Å². The number of ether oxygens (including phenoxy) is 1. The van der Waals surface area contributed by atoms with E-state index in [2.05, 4.69) is 5.10 Å². The molecule has 2 radical (unpaired) electrons. The molecule has 0 saturated carbocycles. The number of ketones is 1. The lowest BCUT2D eigenvalue weighted by molar-refractivity contribution is -0.139. The normalized spacial score (nSPS) is 15.9. The Hall–Kier alpha value is -2.80. The molecule has 1 heterocycles. The van der Waals surface area contributed by atoms with Crippen molar-refractivity contribution in [3.8, 4) is 5.75 Å². The molecule has 8 heteroatoms. The summed E-state index contributed by atoms with van der Waals surface area (Å²) >= 11 is 5.88. The van der Waals surface area contributed by atoms with E-state index in [4.69, 9.17) is 29.3 Å². The van der Waals surface area contributed by atoms with Gasteiger partial charge in [-0.3, -0.25) is 9.80 Å². The van der Waals surface area contributed by atoms with Crippen LogP contribution < -0.4 is 15.2 Å². The van der Waals surface area contributed by atoms with Crippen LogP contribution in [0.15, 0.2) is 47.6 Å². The summed E-state index contributed by atoms with van der Waals surface area (Å²) < 4.78 is 5.21. The van der Waals surface area contributed by atoms with Crippen LogP contribution in [-0.4, -0.2) is 44.1 Å². The predicted octanol–water partition coefficient (Wildman–Crippen LogP) is 1.90. The maximum Gasteiger partial charge on any atom is 0.341 e. The van der Waals surface area contributed by atoms with Gasteiger partial charge in [-0.1, -0.05) is 29.2 Å². The fraction of sp³-hybridized carbons (Fsp3) is 0.167. The van der Waals surface area contributed by atoms with Crippen LogP contribution in [0.1, 0.15) is 10.4 Å². The third-order valence-electron chi connectivity index (χ3n) is 3.84. The van der Waals surface area contributed by atoms with Crippen LogP contribution in [0.3, 0.4) is 0 Å². The number of carboxylic acids is 1. The number of Topliss-reactive ketones (excluding diaryl/α,β-unsaturated/α-hetero) is 1. The first-order valence-corrected chi connectivity index (χ1v) is 8.17. The topological polar surface area (TPSA) is 79.2 Å². The number of halogens is 1. The van der Waals surface area contributed by atoms with Crippen molar-refractivity contribution in [3.05, 3.63) is 53.1 Å². The second kappa shape index (κ2) is 7.62. The zero-order valence-electron chi connectivity index (χ0n) is 13.6. The van der Waals surface area contributed by atoms with Crippen LogP contribution >= 0.6 is 11.6 Å². The molecule has 0 aliphatic carbocycles. The zero-order chi connectivity index (χ0) is 18.7. The summed E-state index contributed by atoms with van der Waals surface area (Å²) in [6.45, 7) is -0.187. The van der Waals surface area contributed by atoms with Gasteiger partial charge in [-0.25, -0.2) is 4.79 Å². The molecule has 3 rings (SSSR count). The van der Waals surface area contributed by atoms with Crippen LogP contribution in [0.2, 0.25) is 5.02 Å². The Morgan fingerprint density at radius 2 is 2.00 bits per heavy atom. The monoisotopic (exact) mass is 368 g/mol. The third kappa shape index (κ3) is 4.05. The van der Waals surface area contributed by atoms with Crippen LogP contribution in [0, 0.1) is 5.92 Å². The summed E-state index contributed by atoms with van der Waals surface area (Å²) in [4.78, 5) is 23.6. The standard InChI is InChI=1S/C18H14BClN2O4/c19-12-1-6-16(26-10-17(23)24)15(7-12)18(25)11-8-21-22(9-11)14-4-2-13(20)3-5-14/h1-8,11H,9-10H2,(H,23,24). The number of hydrogen-bond donors (Lipinski definition) is 1. The Balaban J connectivity index is 1.77. The number of carbonyl (C=O) groups excluding carboxylic acids is 1. The van der Waals surface area contributed by atoms with E-state index in [0.717, 1.165) is 5.69 Å². The lowest BCUT2D eigenvalue weighted by atomic mass is 9.90. The molecule has 26 heavy (non-hydrogen) atoms. The molecule has 0 spiro atoms. The van der Waals surface area contributed by atoms with E-state index in [-0.39, 0.29) is 17.1 Å². The highest BCUT2D eigenvalue weighted by Gasteiger charge is 2.28. The average Bonchev–Trinajstić information content (AvgIpc) is 3.10. The number of carboxylic acid groups (broad SMARTS) is 1. The Labute approximate surface area is 156 Å². The van der Waals surface area contributed by atoms with Gasteiger partial charge in [0.2, 0.25) is 0 Å². The van der Waals surface area contributed by atoms with Crippen LogP contribution in [0.4, 0.5) is 5.69 Å². The van der Waals surface area contributed by atoms with E-state index in [0.29, 0.717) is 17.0 Å². The largest absolute Gasteiger partial charge is 0.481 e. The third-order valence-corrected chi connectivity index (χ3v) is 4.09. The molecule has 2 aromatic carbocycles. The van der Waals surface area contributed by atoms with Crippen molar-refractivity contribution in [1.29, 1.82) is 0 Å². The fourth-order valence-corrected chi connectivity index (χ4v) is 2.71.